The number of ether oxygens (including phenoxy) is 1. The summed E-state index contributed by atoms with van der Waals surface area (Å²) in [6.07, 6.45) is 3.27. The molecular formula is C14H12N4O2S2. The van der Waals surface area contributed by atoms with Crippen LogP contribution in [0.2, 0.25) is 0 Å². The van der Waals surface area contributed by atoms with Gasteiger partial charge in [-0.2, -0.15) is 4.98 Å². The van der Waals surface area contributed by atoms with Crippen molar-refractivity contribution in [2.75, 3.05) is 7.11 Å². The first-order valence-corrected chi connectivity index (χ1v) is 8.06. The molecular weight excluding hydrogens is 320 g/mol. The van der Waals surface area contributed by atoms with Crippen molar-refractivity contribution in [1.29, 1.82) is 0 Å². The minimum absolute atomic E-state index is 0.0865. The Labute approximate surface area is 134 Å². The molecule has 0 fully saturated rings. The Morgan fingerprint density at radius 2 is 2.32 bits per heavy atom. The molecule has 3 rings (SSSR count). The summed E-state index contributed by atoms with van der Waals surface area (Å²) in [6.45, 7) is 4.07. The van der Waals surface area contributed by atoms with E-state index in [1.807, 2.05) is 5.38 Å². The van der Waals surface area contributed by atoms with Crippen LogP contribution in [0.5, 0.6) is 5.88 Å². The maximum absolute atomic E-state index is 12.5. The maximum Gasteiger partial charge on any atom is 0.263 e. The van der Waals surface area contributed by atoms with Gasteiger partial charge >= 0.3 is 0 Å². The van der Waals surface area contributed by atoms with Gasteiger partial charge in [0.1, 0.15) is 4.83 Å². The van der Waals surface area contributed by atoms with Crippen LogP contribution < -0.4 is 10.3 Å². The Bertz CT molecular complexity index is 888. The molecule has 0 amide bonds. The molecule has 6 nitrogen and oxygen atoms in total. The van der Waals surface area contributed by atoms with E-state index in [2.05, 4.69) is 21.5 Å². The number of hydrogen-bond acceptors (Lipinski definition) is 7. The van der Waals surface area contributed by atoms with Crippen molar-refractivity contribution in [1.82, 2.24) is 19.5 Å². The lowest BCUT2D eigenvalue weighted by Gasteiger charge is -2.09. The highest BCUT2D eigenvalue weighted by Gasteiger charge is 2.14. The van der Waals surface area contributed by atoms with Crippen molar-refractivity contribution in [3.63, 3.8) is 0 Å². The summed E-state index contributed by atoms with van der Waals surface area (Å²) in [5.41, 5.74) is -0.0865. The Hall–Kier alpha value is -2.19. The highest BCUT2D eigenvalue weighted by Crippen LogP contribution is 2.26. The number of aromatic nitrogens is 4. The fourth-order valence-electron chi connectivity index (χ4n) is 1.87. The van der Waals surface area contributed by atoms with Crippen LogP contribution in [0.4, 0.5) is 0 Å². The van der Waals surface area contributed by atoms with Crippen molar-refractivity contribution in [2.24, 2.45) is 0 Å². The average Bonchev–Trinajstić information content (AvgIpc) is 3.00. The summed E-state index contributed by atoms with van der Waals surface area (Å²) in [5, 5.41) is 3.48. The molecule has 22 heavy (non-hydrogen) atoms. The number of hydrogen-bond donors (Lipinski definition) is 0. The Morgan fingerprint density at radius 1 is 1.45 bits per heavy atom. The second kappa shape index (κ2) is 6.29. The molecule has 0 spiro atoms. The quantitative estimate of drug-likeness (QED) is 0.528. The van der Waals surface area contributed by atoms with Gasteiger partial charge in [-0.25, -0.2) is 9.97 Å². The van der Waals surface area contributed by atoms with E-state index < -0.39 is 0 Å². The van der Waals surface area contributed by atoms with E-state index in [9.17, 15) is 4.79 Å². The van der Waals surface area contributed by atoms with Crippen molar-refractivity contribution >= 4 is 33.3 Å². The van der Waals surface area contributed by atoms with E-state index in [0.29, 0.717) is 33.0 Å². The van der Waals surface area contributed by atoms with Crippen molar-refractivity contribution in [3.05, 3.63) is 46.7 Å². The summed E-state index contributed by atoms with van der Waals surface area (Å²) in [4.78, 5) is 26.2. The second-order valence-corrected chi connectivity index (χ2v) is 6.05. The fraction of sp³-hybridized carbons (Fsp3) is 0.143. The van der Waals surface area contributed by atoms with Gasteiger partial charge < -0.3 is 4.74 Å². The van der Waals surface area contributed by atoms with Gasteiger partial charge in [0, 0.05) is 18.8 Å². The predicted octanol–water partition coefficient (Wildman–Crippen LogP) is 2.59. The Balaban J connectivity index is 2.10. The molecule has 0 saturated heterocycles. The average molecular weight is 332 g/mol. The molecule has 3 aromatic heterocycles. The first-order valence-electron chi connectivity index (χ1n) is 6.36. The van der Waals surface area contributed by atoms with E-state index >= 15 is 0 Å². The van der Waals surface area contributed by atoms with Crippen LogP contribution in [0.3, 0.4) is 0 Å². The summed E-state index contributed by atoms with van der Waals surface area (Å²) >= 11 is 2.66. The highest BCUT2D eigenvalue weighted by molar-refractivity contribution is 7.99. The monoisotopic (exact) mass is 332 g/mol. The number of methoxy groups -OCH3 is 1. The van der Waals surface area contributed by atoms with Gasteiger partial charge in [0.05, 0.1) is 12.5 Å². The van der Waals surface area contributed by atoms with Crippen molar-refractivity contribution in [2.45, 2.75) is 16.9 Å². The normalized spacial score (nSPS) is 10.8. The zero-order valence-corrected chi connectivity index (χ0v) is 13.4. The van der Waals surface area contributed by atoms with E-state index in [0.717, 1.165) is 0 Å². The number of nitrogens with zero attached hydrogens (tertiary/aromatic N) is 4. The minimum Gasteiger partial charge on any atom is -0.481 e. The molecule has 0 aliphatic rings. The highest BCUT2D eigenvalue weighted by atomic mass is 32.2. The molecule has 0 aliphatic heterocycles. The molecule has 0 bridgehead atoms. The zero-order chi connectivity index (χ0) is 15.5. The summed E-state index contributed by atoms with van der Waals surface area (Å²) in [6, 6.07) is 3.45. The molecule has 0 unspecified atom stereocenters. The third kappa shape index (κ3) is 2.75. The van der Waals surface area contributed by atoms with E-state index in [-0.39, 0.29) is 5.56 Å². The molecule has 0 radical (unpaired) electrons. The van der Waals surface area contributed by atoms with Crippen LogP contribution >= 0.6 is 23.1 Å². The van der Waals surface area contributed by atoms with Gasteiger partial charge in [-0.1, -0.05) is 6.08 Å². The SMILES string of the molecule is C=CCn1c(Sc2nccc(OC)n2)nc2sccc2c1=O. The van der Waals surface area contributed by atoms with Crippen molar-refractivity contribution < 1.29 is 4.74 Å². The first kappa shape index (κ1) is 14.7. The van der Waals surface area contributed by atoms with Gasteiger partial charge in [0.25, 0.3) is 5.56 Å². The summed E-state index contributed by atoms with van der Waals surface area (Å²) in [5.74, 6) is 0.465. The molecule has 3 aromatic rings. The van der Waals surface area contributed by atoms with E-state index in [1.165, 1.54) is 23.1 Å². The van der Waals surface area contributed by atoms with Gasteiger partial charge in [-0.3, -0.25) is 9.36 Å². The molecule has 8 heteroatoms. The lowest BCUT2D eigenvalue weighted by Crippen LogP contribution is -2.22. The van der Waals surface area contributed by atoms with Crippen LogP contribution in [0, 0.1) is 0 Å². The van der Waals surface area contributed by atoms with E-state index in [1.54, 1.807) is 36.1 Å². The fourth-order valence-corrected chi connectivity index (χ4v) is 3.50. The van der Waals surface area contributed by atoms with E-state index in [4.69, 9.17) is 4.74 Å². The number of thiophene rings is 1. The standard InChI is InChI=1S/C14H12N4O2S2/c1-3-7-18-12(19)9-5-8-21-11(9)17-14(18)22-13-15-6-4-10(16-13)20-2/h3-6,8H,1,7H2,2H3. The molecule has 112 valence electrons. The van der Waals surface area contributed by atoms with Gasteiger partial charge in [0.2, 0.25) is 5.88 Å². The second-order valence-electron chi connectivity index (χ2n) is 4.22. The van der Waals surface area contributed by atoms with Crippen LogP contribution in [-0.4, -0.2) is 26.6 Å². The largest absolute Gasteiger partial charge is 0.481 e. The zero-order valence-electron chi connectivity index (χ0n) is 11.7. The molecule has 0 aromatic carbocycles. The molecule has 0 saturated carbocycles. The minimum atomic E-state index is -0.0865. The topological polar surface area (TPSA) is 69.9 Å². The third-order valence-corrected chi connectivity index (χ3v) is 4.54. The molecule has 0 aliphatic carbocycles. The number of fused-ring (bicyclic) bond motifs is 1. The van der Waals surface area contributed by atoms with Gasteiger partial charge in [0.15, 0.2) is 10.3 Å². The maximum atomic E-state index is 12.5. The summed E-state index contributed by atoms with van der Waals surface area (Å²) < 4.78 is 6.65. The Morgan fingerprint density at radius 3 is 3.09 bits per heavy atom. The first-order chi connectivity index (χ1) is 10.7. The molecule has 0 N–H and O–H groups in total. The van der Waals surface area contributed by atoms with Gasteiger partial charge in [-0.15, -0.1) is 17.9 Å². The molecule has 0 atom stereocenters. The lowest BCUT2D eigenvalue weighted by atomic mass is 10.4. The number of rotatable bonds is 5. The van der Waals surface area contributed by atoms with Crippen LogP contribution in [0.15, 0.2) is 51.5 Å². The smallest absolute Gasteiger partial charge is 0.263 e. The third-order valence-electron chi connectivity index (χ3n) is 2.86. The lowest BCUT2D eigenvalue weighted by molar-refractivity contribution is 0.392. The predicted molar refractivity (Wildman–Crippen MR) is 86.8 cm³/mol. The number of allylic oxidation sites excluding steroid dienone is 1. The molecule has 3 heterocycles. The Kier molecular flexibility index (Phi) is 4.21. The van der Waals surface area contributed by atoms with Gasteiger partial charge in [-0.05, 0) is 23.2 Å². The summed E-state index contributed by atoms with van der Waals surface area (Å²) in [7, 11) is 1.54. The van der Waals surface area contributed by atoms with Crippen LogP contribution in [0.25, 0.3) is 10.2 Å². The van der Waals surface area contributed by atoms with Crippen molar-refractivity contribution in [3.8, 4) is 5.88 Å². The van der Waals surface area contributed by atoms with Crippen LogP contribution in [-0.2, 0) is 6.54 Å². The van der Waals surface area contributed by atoms with Crippen LogP contribution in [0.1, 0.15) is 0 Å².